The lowest BCUT2D eigenvalue weighted by molar-refractivity contribution is 0.660. The van der Waals surface area contributed by atoms with Crippen LogP contribution in [0.5, 0.6) is 0 Å². The molecule has 0 aliphatic heterocycles. The summed E-state index contributed by atoms with van der Waals surface area (Å²) in [4.78, 5) is 5.45. The van der Waals surface area contributed by atoms with Gasteiger partial charge < -0.3 is 0 Å². The van der Waals surface area contributed by atoms with Gasteiger partial charge in [-0.25, -0.2) is 0 Å². The topological polar surface area (TPSA) is 0 Å². The minimum Gasteiger partial charge on any atom is -0.140 e. The van der Waals surface area contributed by atoms with Crippen molar-refractivity contribution in [2.24, 2.45) is 0 Å². The fourth-order valence-electron chi connectivity index (χ4n) is 4.20. The van der Waals surface area contributed by atoms with Crippen molar-refractivity contribution in [2.45, 2.75) is 33.1 Å². The van der Waals surface area contributed by atoms with Gasteiger partial charge in [-0.3, -0.25) is 0 Å². The highest BCUT2D eigenvalue weighted by Crippen LogP contribution is 2.50. The highest BCUT2D eigenvalue weighted by molar-refractivity contribution is 7.23. The number of hydrogen-bond donors (Lipinski definition) is 0. The zero-order chi connectivity index (χ0) is 18.8. The molecule has 5 rings (SSSR count). The van der Waals surface area contributed by atoms with Crippen molar-refractivity contribution in [3.8, 4) is 31.3 Å². The summed E-state index contributed by atoms with van der Waals surface area (Å²) in [5, 5.41) is 0. The molecule has 0 amide bonds. The third-order valence-corrected chi connectivity index (χ3v) is 8.04. The molecular formula is C25H22S2. The number of hydrogen-bond acceptors (Lipinski definition) is 2. The Kier molecular flexibility index (Phi) is 3.72. The molecule has 134 valence electrons. The SMILES string of the molecule is Cc1ccc2c(c1)C(C)(C)c1cc(-c3ccc(-c4ccc(C)s4)s3)ccc1-2. The van der Waals surface area contributed by atoms with E-state index in [0.717, 1.165) is 0 Å². The smallest absolute Gasteiger partial charge is 0.0449 e. The number of rotatable bonds is 2. The summed E-state index contributed by atoms with van der Waals surface area (Å²) in [5.74, 6) is 0. The van der Waals surface area contributed by atoms with Crippen LogP contribution in [0, 0.1) is 13.8 Å². The van der Waals surface area contributed by atoms with Crippen molar-refractivity contribution in [3.05, 3.63) is 82.2 Å². The summed E-state index contributed by atoms with van der Waals surface area (Å²) in [7, 11) is 0. The van der Waals surface area contributed by atoms with Crippen LogP contribution in [0.4, 0.5) is 0 Å². The average Bonchev–Trinajstić information content (AvgIpc) is 3.34. The second kappa shape index (κ2) is 5.92. The Morgan fingerprint density at radius 3 is 2.00 bits per heavy atom. The maximum Gasteiger partial charge on any atom is 0.0449 e. The molecule has 0 unspecified atom stereocenters. The van der Waals surface area contributed by atoms with E-state index in [-0.39, 0.29) is 5.41 Å². The van der Waals surface area contributed by atoms with Crippen molar-refractivity contribution in [1.29, 1.82) is 0 Å². The van der Waals surface area contributed by atoms with Crippen LogP contribution in [-0.2, 0) is 5.41 Å². The molecule has 0 fully saturated rings. The molecule has 4 aromatic rings. The number of fused-ring (bicyclic) bond motifs is 3. The molecule has 0 saturated heterocycles. The molecule has 0 atom stereocenters. The summed E-state index contributed by atoms with van der Waals surface area (Å²) >= 11 is 3.77. The normalized spacial score (nSPS) is 14.2. The Hall–Kier alpha value is -2.16. The van der Waals surface area contributed by atoms with E-state index < -0.39 is 0 Å². The molecule has 0 radical (unpaired) electrons. The van der Waals surface area contributed by atoms with E-state index in [1.165, 1.54) is 52.9 Å². The lowest BCUT2D eigenvalue weighted by Crippen LogP contribution is -2.15. The van der Waals surface area contributed by atoms with Crippen molar-refractivity contribution in [3.63, 3.8) is 0 Å². The zero-order valence-corrected chi connectivity index (χ0v) is 17.7. The molecule has 2 aromatic heterocycles. The second-order valence-corrected chi connectivity index (χ2v) is 10.4. The monoisotopic (exact) mass is 386 g/mol. The number of aryl methyl sites for hydroxylation is 2. The Morgan fingerprint density at radius 1 is 0.630 bits per heavy atom. The van der Waals surface area contributed by atoms with Gasteiger partial charge in [0.05, 0.1) is 0 Å². The molecule has 1 aliphatic carbocycles. The minimum atomic E-state index is 0.0532. The van der Waals surface area contributed by atoms with Crippen molar-refractivity contribution < 1.29 is 0 Å². The third-order valence-electron chi connectivity index (χ3n) is 5.71. The Balaban J connectivity index is 1.59. The molecule has 0 bridgehead atoms. The van der Waals surface area contributed by atoms with Gasteiger partial charge in [0.1, 0.15) is 0 Å². The maximum atomic E-state index is 2.42. The summed E-state index contributed by atoms with van der Waals surface area (Å²) < 4.78 is 0. The van der Waals surface area contributed by atoms with Crippen LogP contribution in [-0.4, -0.2) is 0 Å². The van der Waals surface area contributed by atoms with Gasteiger partial charge in [0.15, 0.2) is 0 Å². The molecular weight excluding hydrogens is 364 g/mol. The zero-order valence-electron chi connectivity index (χ0n) is 16.1. The van der Waals surface area contributed by atoms with E-state index in [1.807, 2.05) is 22.7 Å². The predicted molar refractivity (Wildman–Crippen MR) is 120 cm³/mol. The van der Waals surface area contributed by atoms with E-state index in [4.69, 9.17) is 0 Å². The molecule has 1 aliphatic rings. The van der Waals surface area contributed by atoms with E-state index >= 15 is 0 Å². The van der Waals surface area contributed by atoms with Crippen LogP contribution in [0.15, 0.2) is 60.7 Å². The van der Waals surface area contributed by atoms with E-state index in [1.54, 1.807) is 0 Å². The van der Waals surface area contributed by atoms with Gasteiger partial charge in [0, 0.05) is 24.9 Å². The van der Waals surface area contributed by atoms with Gasteiger partial charge in [-0.15, -0.1) is 22.7 Å². The molecule has 2 aromatic carbocycles. The predicted octanol–water partition coefficient (Wildman–Crippen LogP) is 8.07. The van der Waals surface area contributed by atoms with Gasteiger partial charge in [-0.05, 0) is 72.0 Å². The molecule has 2 heterocycles. The molecule has 0 nitrogen and oxygen atoms in total. The van der Waals surface area contributed by atoms with Crippen LogP contribution in [0.2, 0.25) is 0 Å². The first-order chi connectivity index (χ1) is 12.9. The maximum absolute atomic E-state index is 2.42. The summed E-state index contributed by atoms with van der Waals surface area (Å²) in [6.45, 7) is 9.07. The van der Waals surface area contributed by atoms with E-state index in [2.05, 4.69) is 88.4 Å². The quantitative estimate of drug-likeness (QED) is 0.327. The molecule has 0 spiro atoms. The second-order valence-electron chi connectivity index (χ2n) is 8.01. The molecule has 27 heavy (non-hydrogen) atoms. The van der Waals surface area contributed by atoms with Crippen LogP contribution in [0.25, 0.3) is 31.3 Å². The van der Waals surface area contributed by atoms with Crippen LogP contribution in [0.3, 0.4) is 0 Å². The lowest BCUT2D eigenvalue weighted by atomic mass is 9.81. The summed E-state index contributed by atoms with van der Waals surface area (Å²) in [6, 6.07) is 22.9. The Bertz CT molecular complexity index is 1170. The number of benzene rings is 2. The Morgan fingerprint density at radius 2 is 1.26 bits per heavy atom. The van der Waals surface area contributed by atoms with Gasteiger partial charge in [-0.1, -0.05) is 49.7 Å². The van der Waals surface area contributed by atoms with Crippen molar-refractivity contribution in [1.82, 2.24) is 0 Å². The first-order valence-electron chi connectivity index (χ1n) is 9.36. The van der Waals surface area contributed by atoms with Gasteiger partial charge in [0.2, 0.25) is 0 Å². The van der Waals surface area contributed by atoms with Crippen molar-refractivity contribution >= 4 is 22.7 Å². The van der Waals surface area contributed by atoms with E-state index in [0.29, 0.717) is 0 Å². The van der Waals surface area contributed by atoms with Gasteiger partial charge >= 0.3 is 0 Å². The number of thiophene rings is 2. The highest BCUT2D eigenvalue weighted by Gasteiger charge is 2.35. The summed E-state index contributed by atoms with van der Waals surface area (Å²) in [6.07, 6.45) is 0. The first kappa shape index (κ1) is 17.0. The third kappa shape index (κ3) is 2.62. The van der Waals surface area contributed by atoms with Gasteiger partial charge in [0.25, 0.3) is 0 Å². The lowest BCUT2D eigenvalue weighted by Gasteiger charge is -2.22. The fraction of sp³-hybridized carbons (Fsp3) is 0.200. The standard InChI is InChI=1S/C25H22S2/c1-15-5-8-18-19-9-7-17(14-21(19)25(3,4)20(18)13-15)22-11-12-24(27-22)23-10-6-16(2)26-23/h5-14H,1-4H3. The fourth-order valence-corrected chi connectivity index (χ4v) is 6.16. The van der Waals surface area contributed by atoms with Crippen LogP contribution in [0.1, 0.15) is 35.4 Å². The summed E-state index contributed by atoms with van der Waals surface area (Å²) in [5.41, 5.74) is 8.41. The van der Waals surface area contributed by atoms with Gasteiger partial charge in [-0.2, -0.15) is 0 Å². The van der Waals surface area contributed by atoms with Crippen molar-refractivity contribution in [2.75, 3.05) is 0 Å². The Labute approximate surface area is 169 Å². The van der Waals surface area contributed by atoms with E-state index in [9.17, 15) is 0 Å². The highest BCUT2D eigenvalue weighted by atomic mass is 32.1. The average molecular weight is 387 g/mol. The molecule has 2 heteroatoms. The molecule has 0 N–H and O–H groups in total. The minimum absolute atomic E-state index is 0.0532. The largest absolute Gasteiger partial charge is 0.140 e. The van der Waals surface area contributed by atoms with Crippen LogP contribution < -0.4 is 0 Å². The first-order valence-corrected chi connectivity index (χ1v) is 11.0. The van der Waals surface area contributed by atoms with Crippen LogP contribution >= 0.6 is 22.7 Å². The molecule has 0 saturated carbocycles.